The highest BCUT2D eigenvalue weighted by molar-refractivity contribution is 7.66. The maximum Gasteiger partial charge on any atom is 0.305 e. The van der Waals surface area contributed by atoms with Crippen molar-refractivity contribution in [3.63, 3.8) is 0 Å². The van der Waals surface area contributed by atoms with Gasteiger partial charge in [0.25, 0.3) is 11.0 Å². The second kappa shape index (κ2) is 38.0. The van der Waals surface area contributed by atoms with E-state index in [1.165, 1.54) is 116 Å². The van der Waals surface area contributed by atoms with Crippen LogP contribution >= 0.6 is 0 Å². The van der Waals surface area contributed by atoms with Gasteiger partial charge in [-0.3, -0.25) is 14.1 Å². The number of hydrogen-bond acceptors (Lipinski definition) is 6. The van der Waals surface area contributed by atoms with Crippen molar-refractivity contribution in [3.05, 3.63) is 0 Å². The van der Waals surface area contributed by atoms with E-state index in [4.69, 9.17) is 22.4 Å². The Kier molecular flexibility index (Phi) is 41.3. The zero-order valence-corrected chi connectivity index (χ0v) is 26.2. The maximum absolute atomic E-state index is 10.8. The minimum absolute atomic E-state index is 0.0686. The number of esters is 2. The lowest BCUT2D eigenvalue weighted by atomic mass is 10.1. The van der Waals surface area contributed by atoms with Crippen molar-refractivity contribution >= 4 is 22.9 Å². The second-order valence-electron chi connectivity index (χ2n) is 9.75. The van der Waals surface area contributed by atoms with Crippen molar-refractivity contribution < 1.29 is 32.0 Å². The highest BCUT2D eigenvalue weighted by Crippen LogP contribution is 2.11. The molecule has 38 heavy (non-hydrogen) atoms. The summed E-state index contributed by atoms with van der Waals surface area (Å²) in [5.41, 5.74) is 0. The molecule has 0 bridgehead atoms. The van der Waals surface area contributed by atoms with E-state index in [2.05, 4.69) is 13.8 Å². The number of hydrogen-bond donors (Lipinski definition) is 2. The molecule has 0 aliphatic heterocycles. The van der Waals surface area contributed by atoms with Crippen molar-refractivity contribution in [1.82, 2.24) is 0 Å². The third-order valence-corrected chi connectivity index (χ3v) is 6.10. The molecule has 0 aliphatic carbocycles. The van der Waals surface area contributed by atoms with Crippen LogP contribution in [0.5, 0.6) is 0 Å². The first-order valence-corrected chi connectivity index (χ1v) is 16.6. The van der Waals surface area contributed by atoms with Gasteiger partial charge in [0.05, 0.1) is 13.2 Å². The number of carbonyl (C=O) groups is 2. The Morgan fingerprint density at radius 1 is 0.474 bits per heavy atom. The molecule has 0 rings (SSSR count). The van der Waals surface area contributed by atoms with E-state index >= 15 is 0 Å². The number of ether oxygens (including phenoxy) is 2. The van der Waals surface area contributed by atoms with E-state index in [0.29, 0.717) is 26.1 Å². The SMILES string of the molecule is CCCCCCCCCCCCOC(=O)CC.CCCCCCCCCCCCOC(=O)CC.O=[SH](=O)O. The third kappa shape index (κ3) is 48.0. The molecule has 0 aromatic heterocycles. The van der Waals surface area contributed by atoms with Crippen LogP contribution in [0.3, 0.4) is 0 Å². The molecule has 0 aromatic carbocycles. The van der Waals surface area contributed by atoms with Gasteiger partial charge in [0.15, 0.2) is 0 Å². The molecule has 0 amide bonds. The lowest BCUT2D eigenvalue weighted by molar-refractivity contribution is -0.144. The molecular formula is C30H62O7S. The van der Waals surface area contributed by atoms with E-state index in [1.54, 1.807) is 0 Å². The lowest BCUT2D eigenvalue weighted by Crippen LogP contribution is -2.03. The summed E-state index contributed by atoms with van der Waals surface area (Å²) < 4.78 is 34.2. The molecule has 0 saturated carbocycles. The average Bonchev–Trinajstić information content (AvgIpc) is 2.90. The smallest absolute Gasteiger partial charge is 0.305 e. The first-order valence-electron chi connectivity index (χ1n) is 15.5. The number of unbranched alkanes of at least 4 members (excludes halogenated alkanes) is 18. The molecular weight excluding hydrogens is 504 g/mol. The molecule has 0 unspecified atom stereocenters. The lowest BCUT2D eigenvalue weighted by Gasteiger charge is -2.03. The molecule has 0 aromatic rings. The molecule has 1 N–H and O–H groups in total. The standard InChI is InChI=1S/2C15H30O2.H2O3S/c2*1-3-5-6-7-8-9-10-11-12-13-14-17-15(16)4-2;1-4(2)3/h2*3-14H2,1-2H3;4H,(H,1,2,3). The summed E-state index contributed by atoms with van der Waals surface area (Å²) >= 11 is 0. The molecule has 0 fully saturated rings. The minimum Gasteiger partial charge on any atom is -0.466 e. The second-order valence-corrected chi connectivity index (χ2v) is 10.2. The average molecular weight is 567 g/mol. The van der Waals surface area contributed by atoms with Crippen molar-refractivity contribution in [3.8, 4) is 0 Å². The van der Waals surface area contributed by atoms with Crippen molar-refractivity contribution in [2.24, 2.45) is 0 Å². The van der Waals surface area contributed by atoms with Crippen LogP contribution in [0.15, 0.2) is 0 Å². The fourth-order valence-corrected chi connectivity index (χ4v) is 3.76. The highest BCUT2D eigenvalue weighted by Gasteiger charge is 1.98. The molecule has 0 aliphatic rings. The van der Waals surface area contributed by atoms with E-state index in [-0.39, 0.29) is 11.9 Å². The van der Waals surface area contributed by atoms with Gasteiger partial charge in [-0.25, -0.2) is 8.42 Å². The van der Waals surface area contributed by atoms with E-state index in [1.807, 2.05) is 13.8 Å². The summed E-state index contributed by atoms with van der Waals surface area (Å²) in [6.45, 7) is 9.41. The van der Waals surface area contributed by atoms with Gasteiger partial charge in [-0.05, 0) is 12.8 Å². The third-order valence-electron chi connectivity index (χ3n) is 6.10. The summed E-state index contributed by atoms with van der Waals surface area (Å²) in [5.74, 6) is -0.137. The quantitative estimate of drug-likeness (QED) is 0.0520. The first-order chi connectivity index (χ1) is 18.3. The van der Waals surface area contributed by atoms with Gasteiger partial charge in [0, 0.05) is 12.8 Å². The van der Waals surface area contributed by atoms with Crippen LogP contribution in [-0.2, 0) is 30.0 Å². The molecule has 8 heteroatoms. The predicted octanol–water partition coefficient (Wildman–Crippen LogP) is 8.79. The highest BCUT2D eigenvalue weighted by atomic mass is 32.2. The Bertz CT molecular complexity index is 505. The molecule has 0 saturated heterocycles. The monoisotopic (exact) mass is 566 g/mol. The van der Waals surface area contributed by atoms with Crippen LogP contribution in [-0.4, -0.2) is 38.1 Å². The Labute approximate surface area is 237 Å². The first kappa shape index (κ1) is 41.3. The topological polar surface area (TPSA) is 107 Å². The Hall–Kier alpha value is -1.15. The maximum atomic E-state index is 10.8. The van der Waals surface area contributed by atoms with Crippen LogP contribution in [0.2, 0.25) is 0 Å². The summed E-state index contributed by atoms with van der Waals surface area (Å²) in [4.78, 5) is 21.7. The van der Waals surface area contributed by atoms with Crippen LogP contribution < -0.4 is 0 Å². The molecule has 0 heterocycles. The summed E-state index contributed by atoms with van der Waals surface area (Å²) in [6, 6.07) is 0. The number of carbonyl (C=O) groups excluding carboxylic acids is 2. The zero-order valence-electron chi connectivity index (χ0n) is 25.3. The largest absolute Gasteiger partial charge is 0.466 e. The van der Waals surface area contributed by atoms with E-state index < -0.39 is 11.0 Å². The van der Waals surface area contributed by atoms with Gasteiger partial charge in [-0.2, -0.15) is 0 Å². The van der Waals surface area contributed by atoms with Gasteiger partial charge in [0.1, 0.15) is 0 Å². The summed E-state index contributed by atoms with van der Waals surface area (Å²) in [6.07, 6.45) is 27.3. The van der Waals surface area contributed by atoms with Crippen molar-refractivity contribution in [1.29, 1.82) is 0 Å². The summed E-state index contributed by atoms with van der Waals surface area (Å²) in [7, 11) is -3.12. The van der Waals surface area contributed by atoms with Crippen LogP contribution in [0.1, 0.15) is 169 Å². The normalized spacial score (nSPS) is 10.3. The predicted molar refractivity (Wildman–Crippen MR) is 159 cm³/mol. The van der Waals surface area contributed by atoms with Gasteiger partial charge >= 0.3 is 11.9 Å². The molecule has 0 spiro atoms. The van der Waals surface area contributed by atoms with E-state index in [9.17, 15) is 9.59 Å². The Morgan fingerprint density at radius 2 is 0.684 bits per heavy atom. The van der Waals surface area contributed by atoms with Gasteiger partial charge in [-0.1, -0.05) is 143 Å². The van der Waals surface area contributed by atoms with E-state index in [0.717, 1.165) is 12.8 Å². The van der Waals surface area contributed by atoms with Crippen LogP contribution in [0.4, 0.5) is 0 Å². The Balaban J connectivity index is -0.000000564. The fourth-order valence-electron chi connectivity index (χ4n) is 3.76. The molecule has 230 valence electrons. The summed E-state index contributed by atoms with van der Waals surface area (Å²) in [5, 5.41) is 0. The zero-order chi connectivity index (χ0) is 29.1. The molecule has 0 atom stereocenters. The van der Waals surface area contributed by atoms with Crippen molar-refractivity contribution in [2.45, 2.75) is 169 Å². The van der Waals surface area contributed by atoms with Gasteiger partial charge in [-0.15, -0.1) is 0 Å². The van der Waals surface area contributed by atoms with Gasteiger partial charge in [0.2, 0.25) is 0 Å². The molecule has 7 nitrogen and oxygen atoms in total. The molecule has 0 radical (unpaired) electrons. The van der Waals surface area contributed by atoms with Crippen LogP contribution in [0.25, 0.3) is 0 Å². The Morgan fingerprint density at radius 3 is 0.895 bits per heavy atom. The minimum atomic E-state index is -3.12. The number of thiol groups is 1. The van der Waals surface area contributed by atoms with Crippen LogP contribution in [0, 0.1) is 0 Å². The van der Waals surface area contributed by atoms with Gasteiger partial charge < -0.3 is 9.47 Å². The van der Waals surface area contributed by atoms with Crippen molar-refractivity contribution in [2.75, 3.05) is 13.2 Å². The fraction of sp³-hybridized carbons (Fsp3) is 0.933. The number of rotatable bonds is 24.